The topological polar surface area (TPSA) is 0 Å². The van der Waals surface area contributed by atoms with Crippen LogP contribution in [0, 0.1) is 5.92 Å². The first kappa shape index (κ1) is 15.8. The molecule has 0 saturated heterocycles. The van der Waals surface area contributed by atoms with Gasteiger partial charge in [-0.2, -0.15) is 0 Å². The molecule has 18 heavy (non-hydrogen) atoms. The number of unbranched alkanes of at least 4 members (excludes halogenated alkanes) is 11. The van der Waals surface area contributed by atoms with Crippen LogP contribution in [0.15, 0.2) is 12.7 Å². The molecular weight excluding hydrogens is 216 g/mol. The summed E-state index contributed by atoms with van der Waals surface area (Å²) in [4.78, 5) is 0. The lowest BCUT2D eigenvalue weighted by atomic mass is 10.0. The largest absolute Gasteiger partial charge is 0.103 e. The van der Waals surface area contributed by atoms with Gasteiger partial charge in [-0.3, -0.25) is 0 Å². The molecule has 0 nitrogen and oxygen atoms in total. The minimum Gasteiger partial charge on any atom is -0.103 e. The second-order valence-corrected chi connectivity index (χ2v) is 5.67. The molecule has 0 heteroatoms. The van der Waals surface area contributed by atoms with Crippen molar-refractivity contribution in [3.63, 3.8) is 0 Å². The highest BCUT2D eigenvalue weighted by atomic mass is 14.0. The average Bonchev–Trinajstić information content (AvgIpc) is 2.44. The Morgan fingerprint density at radius 2 is 1.28 bits per heavy atom. The fourth-order valence-corrected chi connectivity index (χ4v) is 2.37. The van der Waals surface area contributed by atoms with Crippen molar-refractivity contribution in [2.24, 2.45) is 5.92 Å². The van der Waals surface area contributed by atoms with Crippen LogP contribution in [0.1, 0.15) is 98.7 Å². The van der Waals surface area contributed by atoms with Crippen molar-refractivity contribution < 1.29 is 1.37 Å². The van der Waals surface area contributed by atoms with Gasteiger partial charge in [-0.1, -0.05) is 96.9 Å². The van der Waals surface area contributed by atoms with E-state index in [1.807, 2.05) is 6.08 Å². The summed E-state index contributed by atoms with van der Waals surface area (Å²) >= 11 is 0. The second-order valence-electron chi connectivity index (χ2n) is 5.67. The Hall–Kier alpha value is -0.260. The molecule has 0 bridgehead atoms. The molecule has 0 radical (unpaired) electrons. The Morgan fingerprint density at radius 3 is 1.67 bits per heavy atom. The van der Waals surface area contributed by atoms with Gasteiger partial charge in [0.2, 0.25) is 0 Å². The van der Waals surface area contributed by atoms with Crippen molar-refractivity contribution in [1.82, 2.24) is 0 Å². The van der Waals surface area contributed by atoms with Crippen molar-refractivity contribution in [2.75, 3.05) is 0 Å². The van der Waals surface area contributed by atoms with E-state index < -0.39 is 0 Å². The van der Waals surface area contributed by atoms with Crippen LogP contribution >= 0.6 is 0 Å². The van der Waals surface area contributed by atoms with E-state index in [1.54, 1.807) is 0 Å². The molecule has 0 aromatic rings. The molecule has 1 atom stereocenters. The van der Waals surface area contributed by atoms with E-state index in [4.69, 9.17) is 1.37 Å². The van der Waals surface area contributed by atoms with Crippen LogP contribution in [0.3, 0.4) is 0 Å². The quantitative estimate of drug-likeness (QED) is 0.233. The Kier molecular flexibility index (Phi) is 13.0. The third-order valence-electron chi connectivity index (χ3n) is 3.76. The normalized spacial score (nSPS) is 13.3. The van der Waals surface area contributed by atoms with Crippen LogP contribution in [0.5, 0.6) is 0 Å². The fourth-order valence-electron chi connectivity index (χ4n) is 2.37. The minimum atomic E-state index is 0.433. The maximum atomic E-state index is 7.34. The molecule has 0 saturated carbocycles. The molecule has 0 amide bonds. The summed E-state index contributed by atoms with van der Waals surface area (Å²) in [6.07, 6.45) is 20.0. The summed E-state index contributed by atoms with van der Waals surface area (Å²) in [6, 6.07) is 0. The molecule has 0 fully saturated rings. The summed E-state index contributed by atoms with van der Waals surface area (Å²) in [5.41, 5.74) is 0. The Bertz CT molecular complexity index is 177. The highest BCUT2D eigenvalue weighted by Crippen LogP contribution is 2.14. The first-order valence-electron chi connectivity index (χ1n) is 8.97. The lowest BCUT2D eigenvalue weighted by Gasteiger charge is -2.05. The first-order valence-corrected chi connectivity index (χ1v) is 8.27. The number of hydrogen-bond donors (Lipinski definition) is 0. The predicted octanol–water partition coefficient (Wildman–Crippen LogP) is 6.90. The molecule has 0 aliphatic heterocycles. The SMILES string of the molecule is [2H]CC(C=C)CCCCCCCCCCCCCC. The fraction of sp³-hybridized carbons (Fsp3) is 0.889. The van der Waals surface area contributed by atoms with Crippen molar-refractivity contribution in [2.45, 2.75) is 97.3 Å². The van der Waals surface area contributed by atoms with Crippen LogP contribution in [0.2, 0.25) is 0 Å². The monoisotopic (exact) mass is 253 g/mol. The highest BCUT2D eigenvalue weighted by Gasteiger charge is 1.96. The highest BCUT2D eigenvalue weighted by molar-refractivity contribution is 4.74. The molecule has 1 unspecified atom stereocenters. The standard InChI is InChI=1S/C18H36/c1-4-6-7-8-9-10-11-12-13-14-15-16-17-18(3)5-2/h5,18H,2,4,6-17H2,1,3H3/i3D. The zero-order valence-electron chi connectivity index (χ0n) is 13.8. The molecular formula is C18H36. The zero-order valence-corrected chi connectivity index (χ0v) is 12.8. The van der Waals surface area contributed by atoms with Crippen LogP contribution in [0.25, 0.3) is 0 Å². The average molecular weight is 253 g/mol. The molecule has 0 aliphatic rings. The molecule has 0 aromatic heterocycles. The van der Waals surface area contributed by atoms with Gasteiger partial charge in [-0.25, -0.2) is 0 Å². The van der Waals surface area contributed by atoms with Gasteiger partial charge < -0.3 is 0 Å². The molecule has 0 rings (SSSR count). The van der Waals surface area contributed by atoms with E-state index in [0.717, 1.165) is 0 Å². The molecule has 0 aromatic carbocycles. The van der Waals surface area contributed by atoms with Crippen LogP contribution in [0.4, 0.5) is 0 Å². The maximum Gasteiger partial charge on any atom is 0.0236 e. The Balaban J connectivity index is 3.04. The zero-order chi connectivity index (χ0) is 14.2. The smallest absolute Gasteiger partial charge is 0.0236 e. The van der Waals surface area contributed by atoms with Gasteiger partial charge in [0.05, 0.1) is 0 Å². The van der Waals surface area contributed by atoms with Gasteiger partial charge in [0.25, 0.3) is 0 Å². The third kappa shape index (κ3) is 13.8. The van der Waals surface area contributed by atoms with Crippen molar-refractivity contribution in [3.8, 4) is 0 Å². The summed E-state index contributed by atoms with van der Waals surface area (Å²) < 4.78 is 7.34. The molecule has 0 aliphatic carbocycles. The van der Waals surface area contributed by atoms with Gasteiger partial charge in [-0.15, -0.1) is 6.58 Å². The van der Waals surface area contributed by atoms with E-state index in [-0.39, 0.29) is 0 Å². The van der Waals surface area contributed by atoms with Gasteiger partial charge >= 0.3 is 0 Å². The van der Waals surface area contributed by atoms with E-state index >= 15 is 0 Å². The first-order chi connectivity index (χ1) is 9.35. The van der Waals surface area contributed by atoms with Gasteiger partial charge in [0, 0.05) is 1.37 Å². The second kappa shape index (κ2) is 14.8. The van der Waals surface area contributed by atoms with Crippen LogP contribution < -0.4 is 0 Å². The maximum absolute atomic E-state index is 7.34. The van der Waals surface area contributed by atoms with E-state index in [2.05, 4.69) is 13.5 Å². The van der Waals surface area contributed by atoms with E-state index in [9.17, 15) is 0 Å². The van der Waals surface area contributed by atoms with Crippen molar-refractivity contribution >= 4 is 0 Å². The van der Waals surface area contributed by atoms with E-state index in [1.165, 1.54) is 83.5 Å². The lowest BCUT2D eigenvalue weighted by molar-refractivity contribution is 0.522. The molecule has 0 N–H and O–H groups in total. The molecule has 0 spiro atoms. The van der Waals surface area contributed by atoms with Crippen LogP contribution in [-0.4, -0.2) is 0 Å². The summed E-state index contributed by atoms with van der Waals surface area (Å²) in [5, 5.41) is 0. The predicted molar refractivity (Wildman–Crippen MR) is 85.1 cm³/mol. The molecule has 108 valence electrons. The number of rotatable bonds is 14. The number of hydrogen-bond acceptors (Lipinski definition) is 0. The Morgan fingerprint density at radius 1 is 0.833 bits per heavy atom. The van der Waals surface area contributed by atoms with E-state index in [0.29, 0.717) is 12.8 Å². The summed E-state index contributed by atoms with van der Waals surface area (Å²) in [6.45, 7) is 6.58. The van der Waals surface area contributed by atoms with Crippen molar-refractivity contribution in [3.05, 3.63) is 12.7 Å². The third-order valence-corrected chi connectivity index (χ3v) is 3.76. The Labute approximate surface area is 118 Å². The minimum absolute atomic E-state index is 0.433. The molecule has 0 heterocycles. The summed E-state index contributed by atoms with van der Waals surface area (Å²) in [5.74, 6) is 0.433. The van der Waals surface area contributed by atoms with Gasteiger partial charge in [-0.05, 0) is 12.3 Å². The lowest BCUT2D eigenvalue weighted by Crippen LogP contribution is -1.89. The number of allylic oxidation sites excluding steroid dienone is 1. The van der Waals surface area contributed by atoms with Crippen molar-refractivity contribution in [1.29, 1.82) is 0 Å². The van der Waals surface area contributed by atoms with Crippen LogP contribution in [-0.2, 0) is 0 Å². The van der Waals surface area contributed by atoms with Gasteiger partial charge in [0.15, 0.2) is 0 Å². The van der Waals surface area contributed by atoms with Gasteiger partial charge in [0.1, 0.15) is 0 Å². The summed E-state index contributed by atoms with van der Waals surface area (Å²) in [7, 11) is 0.